The second-order valence-corrected chi connectivity index (χ2v) is 9.17. The Kier molecular flexibility index (Phi) is 1.71. The molecule has 2 aliphatic carbocycles. The second-order valence-electron chi connectivity index (χ2n) is 2.67. The van der Waals surface area contributed by atoms with Crippen molar-refractivity contribution in [3.63, 3.8) is 0 Å². The Hall–Kier alpha value is 0.683. The third kappa shape index (κ3) is 0.914. The van der Waals surface area contributed by atoms with Gasteiger partial charge in [-0.1, -0.05) is 0 Å². The van der Waals surface area contributed by atoms with Gasteiger partial charge in [0.2, 0.25) is 0 Å². The summed E-state index contributed by atoms with van der Waals surface area (Å²) in [6.07, 6.45) is 9.95. The van der Waals surface area contributed by atoms with Gasteiger partial charge in [0.05, 0.1) is 0 Å². The number of hydrogen-bond acceptors (Lipinski definition) is 0. The molecule has 0 spiro atoms. The fourth-order valence-electron chi connectivity index (χ4n) is 1.45. The summed E-state index contributed by atoms with van der Waals surface area (Å²) in [6, 6.07) is 0. The molecule has 0 aromatic carbocycles. The second kappa shape index (κ2) is 2.33. The van der Waals surface area contributed by atoms with Crippen molar-refractivity contribution in [2.45, 2.75) is 10.4 Å². The van der Waals surface area contributed by atoms with Gasteiger partial charge in [0.25, 0.3) is 0 Å². The molecule has 2 aliphatic rings. The summed E-state index contributed by atoms with van der Waals surface area (Å²) in [5.74, 6) is 0.633. The van der Waals surface area contributed by atoms with Crippen molar-refractivity contribution in [3.8, 4) is 0 Å². The standard InChI is InChI=1S/C7H7.2ClH.Ru/c1-2-7-4-3-6(1)5-7;;;/h1-4,6H,5H2;2*1H;/q;;;+2/p-2. The summed E-state index contributed by atoms with van der Waals surface area (Å²) in [4.78, 5) is 0. The Bertz CT molecular complexity index is 194. The van der Waals surface area contributed by atoms with Crippen LogP contribution in [-0.4, -0.2) is 0 Å². The van der Waals surface area contributed by atoms with Gasteiger partial charge in [-0.2, -0.15) is 0 Å². The Balaban J connectivity index is 2.31. The Morgan fingerprint density at radius 3 is 2.10 bits per heavy atom. The van der Waals surface area contributed by atoms with Crippen LogP contribution >= 0.6 is 19.4 Å². The molecule has 0 nitrogen and oxygen atoms in total. The van der Waals surface area contributed by atoms with Crippen LogP contribution in [0.15, 0.2) is 24.3 Å². The Morgan fingerprint density at radius 1 is 1.30 bits per heavy atom. The zero-order chi connectivity index (χ0) is 7.19. The number of halogens is 2. The van der Waals surface area contributed by atoms with Crippen molar-refractivity contribution >= 4 is 19.4 Å². The van der Waals surface area contributed by atoms with E-state index in [9.17, 15) is 0 Å². The third-order valence-electron chi connectivity index (χ3n) is 2.03. The van der Waals surface area contributed by atoms with E-state index < -0.39 is 14.0 Å². The molecular weight excluding hydrogens is 256 g/mol. The zero-order valence-corrected chi connectivity index (χ0v) is 8.45. The van der Waals surface area contributed by atoms with Gasteiger partial charge in [-0.25, -0.2) is 0 Å². The van der Waals surface area contributed by atoms with Crippen LogP contribution in [-0.2, 0) is 14.0 Å². The van der Waals surface area contributed by atoms with E-state index in [1.165, 1.54) is 0 Å². The van der Waals surface area contributed by atoms with Crippen LogP contribution in [0.1, 0.15) is 6.42 Å². The minimum atomic E-state index is -1.59. The quantitative estimate of drug-likeness (QED) is 0.503. The predicted molar refractivity (Wildman–Crippen MR) is 40.8 cm³/mol. The molecule has 10 heavy (non-hydrogen) atoms. The molecule has 0 radical (unpaired) electrons. The summed E-state index contributed by atoms with van der Waals surface area (Å²) >= 11 is -1.59. The molecule has 0 atom stereocenters. The topological polar surface area (TPSA) is 0 Å². The molecular formula is C7H7Cl2Ru. The molecule has 0 N–H and O–H groups in total. The van der Waals surface area contributed by atoms with E-state index in [1.807, 2.05) is 0 Å². The first-order valence-corrected chi connectivity index (χ1v) is 8.46. The van der Waals surface area contributed by atoms with E-state index in [4.69, 9.17) is 19.4 Å². The van der Waals surface area contributed by atoms with Gasteiger partial charge in [-0.15, -0.1) is 0 Å². The first-order chi connectivity index (χ1) is 4.73. The van der Waals surface area contributed by atoms with Gasteiger partial charge in [0, 0.05) is 0 Å². The van der Waals surface area contributed by atoms with Gasteiger partial charge in [-0.05, 0) is 0 Å². The summed E-state index contributed by atoms with van der Waals surface area (Å²) in [7, 11) is 11.9. The summed E-state index contributed by atoms with van der Waals surface area (Å²) in [5.41, 5.74) is 0. The molecule has 2 rings (SSSR count). The Labute approximate surface area is 73.9 Å². The van der Waals surface area contributed by atoms with Gasteiger partial charge in [0.1, 0.15) is 0 Å². The van der Waals surface area contributed by atoms with Gasteiger partial charge in [0.15, 0.2) is 0 Å². The van der Waals surface area contributed by atoms with Crippen molar-refractivity contribution in [1.29, 1.82) is 0 Å². The summed E-state index contributed by atoms with van der Waals surface area (Å²) < 4.78 is 0.123. The van der Waals surface area contributed by atoms with E-state index in [1.54, 1.807) is 0 Å². The molecule has 0 amide bonds. The van der Waals surface area contributed by atoms with E-state index in [0.717, 1.165) is 6.42 Å². The van der Waals surface area contributed by atoms with Crippen LogP contribution in [0.4, 0.5) is 0 Å². The molecule has 3 heteroatoms. The SMILES string of the molecule is [Cl][Ru]([Cl])[C]12C=CC(C=C1)C2. The van der Waals surface area contributed by atoms with Crippen molar-refractivity contribution in [2.24, 2.45) is 5.92 Å². The van der Waals surface area contributed by atoms with Crippen LogP contribution in [0, 0.1) is 5.92 Å². The fourth-order valence-corrected chi connectivity index (χ4v) is 4.60. The van der Waals surface area contributed by atoms with Crippen LogP contribution < -0.4 is 0 Å². The van der Waals surface area contributed by atoms with Gasteiger partial charge in [-0.3, -0.25) is 0 Å². The maximum atomic E-state index is 5.97. The molecule has 0 saturated carbocycles. The Morgan fingerprint density at radius 2 is 1.90 bits per heavy atom. The number of hydrogen-bond donors (Lipinski definition) is 0. The first kappa shape index (κ1) is 7.34. The molecule has 0 heterocycles. The van der Waals surface area contributed by atoms with Crippen LogP contribution in [0.25, 0.3) is 0 Å². The molecule has 0 aromatic rings. The average Bonchev–Trinajstić information content (AvgIpc) is 2.45. The zero-order valence-electron chi connectivity index (χ0n) is 5.20. The van der Waals surface area contributed by atoms with Gasteiger partial charge < -0.3 is 0 Å². The van der Waals surface area contributed by atoms with Crippen molar-refractivity contribution in [1.82, 2.24) is 0 Å². The van der Waals surface area contributed by atoms with Crippen LogP contribution in [0.3, 0.4) is 0 Å². The monoisotopic (exact) mass is 263 g/mol. The summed E-state index contributed by atoms with van der Waals surface area (Å²) in [6.45, 7) is 0. The van der Waals surface area contributed by atoms with E-state index in [-0.39, 0.29) is 4.01 Å². The molecule has 2 bridgehead atoms. The third-order valence-corrected chi connectivity index (χ3v) is 7.13. The summed E-state index contributed by atoms with van der Waals surface area (Å²) in [5, 5.41) is 0. The molecule has 57 valence electrons. The van der Waals surface area contributed by atoms with Crippen molar-refractivity contribution < 1.29 is 14.0 Å². The van der Waals surface area contributed by atoms with Crippen LogP contribution in [0.5, 0.6) is 0 Å². The normalized spacial score (nSPS) is 43.0. The van der Waals surface area contributed by atoms with E-state index in [0.29, 0.717) is 5.92 Å². The maximum absolute atomic E-state index is 5.97. The molecule has 0 saturated heterocycles. The number of rotatable bonds is 1. The fraction of sp³-hybridized carbons (Fsp3) is 0.429. The first-order valence-electron chi connectivity index (χ1n) is 3.12. The molecule has 0 aliphatic heterocycles. The molecule has 0 fully saturated rings. The average molecular weight is 263 g/mol. The molecule has 0 unspecified atom stereocenters. The number of fused-ring (bicyclic) bond motifs is 2. The van der Waals surface area contributed by atoms with Gasteiger partial charge >= 0.3 is 74.0 Å². The van der Waals surface area contributed by atoms with Crippen molar-refractivity contribution in [2.75, 3.05) is 0 Å². The number of allylic oxidation sites excluding steroid dienone is 4. The van der Waals surface area contributed by atoms with Crippen LogP contribution in [0.2, 0.25) is 4.01 Å². The van der Waals surface area contributed by atoms with E-state index >= 15 is 0 Å². The molecule has 0 aromatic heterocycles. The van der Waals surface area contributed by atoms with E-state index in [2.05, 4.69) is 24.3 Å². The minimum absolute atomic E-state index is 0.123. The van der Waals surface area contributed by atoms with Crippen molar-refractivity contribution in [3.05, 3.63) is 24.3 Å². The predicted octanol–water partition coefficient (Wildman–Crippen LogP) is 3.22.